The standard InChI is InChI=1S/C12H18O4/c1-9(15-13)7-11-3-5-12(6-4-11)8-10(2)16-14/h3-6,9-10,13-14H,7-8H2,1-2H3. The third-order valence-corrected chi connectivity index (χ3v) is 2.43. The zero-order valence-corrected chi connectivity index (χ0v) is 9.59. The lowest BCUT2D eigenvalue weighted by atomic mass is 10.0. The highest BCUT2D eigenvalue weighted by atomic mass is 17.1. The molecular weight excluding hydrogens is 208 g/mol. The monoisotopic (exact) mass is 226 g/mol. The van der Waals surface area contributed by atoms with Crippen molar-refractivity contribution in [3.63, 3.8) is 0 Å². The summed E-state index contributed by atoms with van der Waals surface area (Å²) in [6.07, 6.45) is 0.933. The number of hydrogen-bond donors (Lipinski definition) is 2. The van der Waals surface area contributed by atoms with Gasteiger partial charge in [0.1, 0.15) is 0 Å². The summed E-state index contributed by atoms with van der Waals surface area (Å²) >= 11 is 0. The van der Waals surface area contributed by atoms with Crippen molar-refractivity contribution in [2.75, 3.05) is 0 Å². The third-order valence-electron chi connectivity index (χ3n) is 2.43. The van der Waals surface area contributed by atoms with Crippen LogP contribution in [0.1, 0.15) is 25.0 Å². The Morgan fingerprint density at radius 1 is 0.875 bits per heavy atom. The predicted molar refractivity (Wildman–Crippen MR) is 60.2 cm³/mol. The molecule has 4 heteroatoms. The molecule has 0 radical (unpaired) electrons. The van der Waals surface area contributed by atoms with E-state index in [2.05, 4.69) is 9.78 Å². The van der Waals surface area contributed by atoms with Crippen molar-refractivity contribution in [1.82, 2.24) is 0 Å². The maximum absolute atomic E-state index is 8.46. The van der Waals surface area contributed by atoms with Crippen LogP contribution in [-0.2, 0) is 22.6 Å². The Labute approximate surface area is 95.3 Å². The average molecular weight is 226 g/mol. The third kappa shape index (κ3) is 4.28. The fraction of sp³-hybridized carbons (Fsp3) is 0.500. The molecule has 4 nitrogen and oxygen atoms in total. The van der Waals surface area contributed by atoms with Gasteiger partial charge in [-0.3, -0.25) is 10.5 Å². The summed E-state index contributed by atoms with van der Waals surface area (Å²) in [6, 6.07) is 7.92. The highest BCUT2D eigenvalue weighted by molar-refractivity contribution is 5.23. The van der Waals surface area contributed by atoms with Gasteiger partial charge in [-0.05, 0) is 25.0 Å². The van der Waals surface area contributed by atoms with E-state index < -0.39 is 0 Å². The summed E-state index contributed by atoms with van der Waals surface area (Å²) < 4.78 is 0. The van der Waals surface area contributed by atoms with Crippen molar-refractivity contribution >= 4 is 0 Å². The smallest absolute Gasteiger partial charge is 0.0939 e. The Morgan fingerprint density at radius 2 is 1.19 bits per heavy atom. The summed E-state index contributed by atoms with van der Waals surface area (Å²) in [4.78, 5) is 8.43. The lowest BCUT2D eigenvalue weighted by Gasteiger charge is -2.10. The van der Waals surface area contributed by atoms with Crippen LogP contribution in [0.4, 0.5) is 0 Å². The van der Waals surface area contributed by atoms with E-state index in [1.807, 2.05) is 24.3 Å². The lowest BCUT2D eigenvalue weighted by Crippen LogP contribution is -2.10. The van der Waals surface area contributed by atoms with Crippen LogP contribution in [0.3, 0.4) is 0 Å². The molecule has 0 fully saturated rings. The van der Waals surface area contributed by atoms with E-state index in [0.29, 0.717) is 12.8 Å². The molecular formula is C12H18O4. The number of rotatable bonds is 6. The van der Waals surface area contributed by atoms with Crippen LogP contribution in [0.2, 0.25) is 0 Å². The van der Waals surface area contributed by atoms with Crippen LogP contribution in [0.25, 0.3) is 0 Å². The SMILES string of the molecule is CC(Cc1ccc(CC(C)OO)cc1)OO. The van der Waals surface area contributed by atoms with Gasteiger partial charge in [0, 0.05) is 12.8 Å². The highest BCUT2D eigenvalue weighted by Crippen LogP contribution is 2.10. The normalized spacial score (nSPS) is 14.8. The summed E-state index contributed by atoms with van der Waals surface area (Å²) in [5, 5.41) is 16.9. The van der Waals surface area contributed by atoms with E-state index in [9.17, 15) is 0 Å². The Kier molecular flexibility index (Phi) is 5.42. The molecule has 0 aromatic heterocycles. The fourth-order valence-electron chi connectivity index (χ4n) is 1.55. The van der Waals surface area contributed by atoms with Gasteiger partial charge in [0.25, 0.3) is 0 Å². The van der Waals surface area contributed by atoms with E-state index >= 15 is 0 Å². The molecule has 2 unspecified atom stereocenters. The van der Waals surface area contributed by atoms with Crippen molar-refractivity contribution in [1.29, 1.82) is 0 Å². The van der Waals surface area contributed by atoms with Crippen molar-refractivity contribution in [2.45, 2.75) is 38.9 Å². The van der Waals surface area contributed by atoms with Gasteiger partial charge in [-0.15, -0.1) is 0 Å². The minimum atomic E-state index is -0.203. The molecule has 0 saturated carbocycles. The molecule has 2 atom stereocenters. The van der Waals surface area contributed by atoms with E-state index in [4.69, 9.17) is 10.5 Å². The second-order valence-electron chi connectivity index (χ2n) is 4.06. The maximum atomic E-state index is 8.46. The van der Waals surface area contributed by atoms with Crippen LogP contribution in [0.15, 0.2) is 24.3 Å². The van der Waals surface area contributed by atoms with E-state index in [0.717, 1.165) is 11.1 Å². The number of benzene rings is 1. The Bertz CT molecular complexity index is 265. The molecule has 0 heterocycles. The molecule has 0 bridgehead atoms. The van der Waals surface area contributed by atoms with Crippen LogP contribution in [0, 0.1) is 0 Å². The minimum Gasteiger partial charge on any atom is -0.252 e. The van der Waals surface area contributed by atoms with E-state index in [-0.39, 0.29) is 12.2 Å². The van der Waals surface area contributed by atoms with Gasteiger partial charge >= 0.3 is 0 Å². The molecule has 16 heavy (non-hydrogen) atoms. The first kappa shape index (κ1) is 13.1. The Hall–Kier alpha value is -0.940. The first-order chi connectivity index (χ1) is 7.65. The summed E-state index contributed by atoms with van der Waals surface area (Å²) in [7, 11) is 0. The summed E-state index contributed by atoms with van der Waals surface area (Å²) in [5.41, 5.74) is 2.20. The largest absolute Gasteiger partial charge is 0.252 e. The first-order valence-electron chi connectivity index (χ1n) is 5.34. The maximum Gasteiger partial charge on any atom is 0.0939 e. The van der Waals surface area contributed by atoms with Gasteiger partial charge in [0.2, 0.25) is 0 Å². The molecule has 1 aromatic rings. The van der Waals surface area contributed by atoms with Crippen LogP contribution < -0.4 is 0 Å². The van der Waals surface area contributed by atoms with Gasteiger partial charge in [0.15, 0.2) is 0 Å². The van der Waals surface area contributed by atoms with Crippen LogP contribution >= 0.6 is 0 Å². The van der Waals surface area contributed by atoms with Gasteiger partial charge in [-0.1, -0.05) is 24.3 Å². The molecule has 0 aliphatic carbocycles. The topological polar surface area (TPSA) is 58.9 Å². The molecule has 0 aliphatic rings. The van der Waals surface area contributed by atoms with Gasteiger partial charge in [-0.2, -0.15) is 0 Å². The Morgan fingerprint density at radius 3 is 1.44 bits per heavy atom. The van der Waals surface area contributed by atoms with Gasteiger partial charge < -0.3 is 0 Å². The zero-order valence-electron chi connectivity index (χ0n) is 9.59. The van der Waals surface area contributed by atoms with Gasteiger partial charge in [0.05, 0.1) is 12.2 Å². The van der Waals surface area contributed by atoms with Crippen LogP contribution in [-0.4, -0.2) is 22.7 Å². The molecule has 0 spiro atoms. The minimum absolute atomic E-state index is 0.203. The van der Waals surface area contributed by atoms with Crippen molar-refractivity contribution in [3.8, 4) is 0 Å². The Balaban J connectivity index is 2.54. The zero-order chi connectivity index (χ0) is 12.0. The van der Waals surface area contributed by atoms with Gasteiger partial charge in [-0.25, -0.2) is 9.78 Å². The second-order valence-corrected chi connectivity index (χ2v) is 4.06. The summed E-state index contributed by atoms with van der Waals surface area (Å²) in [6.45, 7) is 3.60. The summed E-state index contributed by atoms with van der Waals surface area (Å²) in [5.74, 6) is 0. The number of hydrogen-bond acceptors (Lipinski definition) is 4. The van der Waals surface area contributed by atoms with E-state index in [1.54, 1.807) is 13.8 Å². The lowest BCUT2D eigenvalue weighted by molar-refractivity contribution is -0.273. The molecule has 2 N–H and O–H groups in total. The molecule has 1 aromatic carbocycles. The van der Waals surface area contributed by atoms with Crippen molar-refractivity contribution in [3.05, 3.63) is 35.4 Å². The molecule has 0 saturated heterocycles. The molecule has 0 aliphatic heterocycles. The second kappa shape index (κ2) is 6.60. The molecule has 90 valence electrons. The fourth-order valence-corrected chi connectivity index (χ4v) is 1.55. The van der Waals surface area contributed by atoms with Crippen molar-refractivity contribution < 1.29 is 20.3 Å². The first-order valence-corrected chi connectivity index (χ1v) is 5.34. The highest BCUT2D eigenvalue weighted by Gasteiger charge is 2.05. The van der Waals surface area contributed by atoms with E-state index in [1.165, 1.54) is 0 Å². The molecule has 1 rings (SSSR count). The predicted octanol–water partition coefficient (Wildman–Crippen LogP) is 2.53. The van der Waals surface area contributed by atoms with Crippen molar-refractivity contribution in [2.24, 2.45) is 0 Å². The quantitative estimate of drug-likeness (QED) is 0.578. The molecule has 0 amide bonds. The average Bonchev–Trinajstić information content (AvgIpc) is 2.31. The van der Waals surface area contributed by atoms with Crippen LogP contribution in [0.5, 0.6) is 0 Å².